The lowest BCUT2D eigenvalue weighted by molar-refractivity contribution is -0.119. The Balaban J connectivity index is 1.39. The van der Waals surface area contributed by atoms with Gasteiger partial charge >= 0.3 is 0 Å². The highest BCUT2D eigenvalue weighted by molar-refractivity contribution is 6.00. The maximum atomic E-state index is 15.1. The largest absolute Gasteiger partial charge is 0.339 e. The Morgan fingerprint density at radius 1 is 1.11 bits per heavy atom. The molecule has 0 radical (unpaired) electrons. The predicted molar refractivity (Wildman–Crippen MR) is 143 cm³/mol. The van der Waals surface area contributed by atoms with Gasteiger partial charge in [-0.3, -0.25) is 19.3 Å². The molecule has 2 fully saturated rings. The van der Waals surface area contributed by atoms with Crippen molar-refractivity contribution in [2.24, 2.45) is 17.8 Å². The van der Waals surface area contributed by atoms with Gasteiger partial charge in [-0.1, -0.05) is 6.92 Å². The van der Waals surface area contributed by atoms with Gasteiger partial charge in [-0.05, 0) is 100 Å². The first-order valence-corrected chi connectivity index (χ1v) is 13.5. The van der Waals surface area contributed by atoms with E-state index in [-0.39, 0.29) is 29.6 Å². The van der Waals surface area contributed by atoms with Crippen LogP contribution in [0.4, 0.5) is 10.2 Å². The van der Waals surface area contributed by atoms with E-state index in [9.17, 15) is 9.59 Å². The van der Waals surface area contributed by atoms with E-state index < -0.39 is 12.0 Å². The quantitative estimate of drug-likeness (QED) is 0.358. The minimum atomic E-state index is -0.740. The van der Waals surface area contributed by atoms with E-state index >= 15 is 4.39 Å². The number of nitrogens with one attached hydrogen (secondary N) is 2. The molecule has 1 unspecified atom stereocenters. The molecular formula is C29H35FN6O2. The lowest BCUT2D eigenvalue weighted by Crippen LogP contribution is -2.50. The number of carbonyl (C=O) groups excluding carboxylic acids is 2. The first kappa shape index (κ1) is 26.0. The van der Waals surface area contributed by atoms with Crippen molar-refractivity contribution in [3.63, 3.8) is 0 Å². The second kappa shape index (κ2) is 10.6. The predicted octanol–water partition coefficient (Wildman–Crippen LogP) is 5.24. The number of anilines is 1. The minimum absolute atomic E-state index is 0.0454. The summed E-state index contributed by atoms with van der Waals surface area (Å²) in [7, 11) is 0. The number of rotatable bonds is 10. The maximum Gasteiger partial charge on any atom is 0.270 e. The fourth-order valence-electron chi connectivity index (χ4n) is 5.28. The normalized spacial score (nSPS) is 16.8. The van der Waals surface area contributed by atoms with E-state index in [1.165, 1.54) is 0 Å². The molecule has 38 heavy (non-hydrogen) atoms. The highest BCUT2D eigenvalue weighted by Gasteiger charge is 2.48. The molecule has 2 amide bonds. The maximum absolute atomic E-state index is 15.1. The zero-order valence-corrected chi connectivity index (χ0v) is 22.4. The lowest BCUT2D eigenvalue weighted by Gasteiger charge is -2.27. The molecule has 0 spiro atoms. The summed E-state index contributed by atoms with van der Waals surface area (Å²) in [6, 6.07) is 6.06. The average molecular weight is 519 g/mol. The summed E-state index contributed by atoms with van der Waals surface area (Å²) in [5.41, 5.74) is 3.04. The van der Waals surface area contributed by atoms with Crippen LogP contribution in [0.1, 0.15) is 73.7 Å². The Morgan fingerprint density at radius 3 is 2.45 bits per heavy atom. The molecule has 0 aromatic carbocycles. The number of hydrogen-bond acceptors (Lipinski definition) is 5. The smallest absolute Gasteiger partial charge is 0.270 e. The third-order valence-corrected chi connectivity index (χ3v) is 7.81. The molecule has 2 atom stereocenters. The second-order valence-corrected chi connectivity index (χ2v) is 10.8. The molecule has 9 heteroatoms. The summed E-state index contributed by atoms with van der Waals surface area (Å²) in [6.45, 7) is 7.76. The summed E-state index contributed by atoms with van der Waals surface area (Å²) >= 11 is 0. The highest BCUT2D eigenvalue weighted by atomic mass is 19.1. The molecule has 3 aromatic heterocycles. The number of carbonyl (C=O) groups is 2. The van der Waals surface area contributed by atoms with Crippen molar-refractivity contribution in [1.29, 1.82) is 0 Å². The van der Waals surface area contributed by atoms with Crippen molar-refractivity contribution in [1.82, 2.24) is 25.1 Å². The molecule has 2 aliphatic carbocycles. The van der Waals surface area contributed by atoms with Crippen molar-refractivity contribution >= 4 is 17.6 Å². The third kappa shape index (κ3) is 5.47. The molecule has 3 aromatic rings. The van der Waals surface area contributed by atoms with Gasteiger partial charge in [0, 0.05) is 35.3 Å². The van der Waals surface area contributed by atoms with Gasteiger partial charge in [0.15, 0.2) is 0 Å². The van der Waals surface area contributed by atoms with Gasteiger partial charge in [-0.25, -0.2) is 4.98 Å². The fraction of sp³-hybridized carbons (Fsp3) is 0.483. The van der Waals surface area contributed by atoms with E-state index in [2.05, 4.69) is 25.7 Å². The van der Waals surface area contributed by atoms with Gasteiger partial charge in [-0.15, -0.1) is 0 Å². The van der Waals surface area contributed by atoms with Crippen LogP contribution in [0.5, 0.6) is 0 Å². The third-order valence-electron chi connectivity index (χ3n) is 7.81. The molecule has 2 N–H and O–H groups in total. The zero-order valence-electron chi connectivity index (χ0n) is 22.4. The molecule has 3 heterocycles. The number of halogens is 1. The van der Waals surface area contributed by atoms with Crippen LogP contribution in [-0.4, -0.2) is 37.6 Å². The standard InChI is InChI=1S/C29H35FN6O2/c1-5-17(3)36-23(12-13-32-36)28(37)35-26(25(19-6-7-19)20-8-9-20)29(38)34-24-11-10-21(27(30)33-24)22-14-16(2)15-31-18(22)4/h10-15,17,19-20,25-26H,5-9H2,1-4H3,(H,35,37)(H,33,34,38)/t17?,26-/m0/s1. The van der Waals surface area contributed by atoms with Crippen molar-refractivity contribution in [3.05, 3.63) is 59.6 Å². The molecule has 0 saturated heterocycles. The van der Waals surface area contributed by atoms with Crippen molar-refractivity contribution < 1.29 is 14.0 Å². The Labute approximate surface area is 222 Å². The van der Waals surface area contributed by atoms with Crippen LogP contribution in [0, 0.1) is 37.5 Å². The van der Waals surface area contributed by atoms with Gasteiger partial charge in [0.25, 0.3) is 5.91 Å². The van der Waals surface area contributed by atoms with Crippen molar-refractivity contribution in [2.75, 3.05) is 5.32 Å². The van der Waals surface area contributed by atoms with Crippen LogP contribution >= 0.6 is 0 Å². The number of aryl methyl sites for hydroxylation is 2. The Kier molecular flexibility index (Phi) is 7.27. The first-order valence-electron chi connectivity index (χ1n) is 13.5. The molecule has 2 saturated carbocycles. The number of nitrogens with zero attached hydrogens (tertiary/aromatic N) is 4. The van der Waals surface area contributed by atoms with Crippen LogP contribution in [0.2, 0.25) is 0 Å². The minimum Gasteiger partial charge on any atom is -0.339 e. The second-order valence-electron chi connectivity index (χ2n) is 10.8. The van der Waals surface area contributed by atoms with Crippen LogP contribution in [0.3, 0.4) is 0 Å². The molecule has 0 bridgehead atoms. The van der Waals surface area contributed by atoms with Crippen LogP contribution in [0.25, 0.3) is 11.1 Å². The van der Waals surface area contributed by atoms with Crippen molar-refractivity contribution in [2.45, 2.75) is 71.9 Å². The topological polar surface area (TPSA) is 102 Å². The average Bonchev–Trinajstić information content (AvgIpc) is 3.84. The first-order chi connectivity index (χ1) is 18.3. The van der Waals surface area contributed by atoms with E-state index in [1.54, 1.807) is 35.3 Å². The SMILES string of the molecule is CCC(C)n1nccc1C(=O)N[C@H](C(=O)Nc1ccc(-c2cc(C)cnc2C)c(F)n1)C(C1CC1)C1CC1. The number of aromatic nitrogens is 4. The molecule has 2 aliphatic rings. The summed E-state index contributed by atoms with van der Waals surface area (Å²) in [5.74, 6) is -0.412. The fourth-order valence-corrected chi connectivity index (χ4v) is 5.28. The Morgan fingerprint density at radius 2 is 1.82 bits per heavy atom. The number of amides is 2. The van der Waals surface area contributed by atoms with E-state index in [0.717, 1.165) is 37.7 Å². The molecule has 8 nitrogen and oxygen atoms in total. The van der Waals surface area contributed by atoms with Crippen LogP contribution in [0.15, 0.2) is 36.7 Å². The van der Waals surface area contributed by atoms with E-state index in [1.807, 2.05) is 33.8 Å². The summed E-state index contributed by atoms with van der Waals surface area (Å²) < 4.78 is 16.8. The highest BCUT2D eigenvalue weighted by Crippen LogP contribution is 2.51. The molecule has 200 valence electrons. The van der Waals surface area contributed by atoms with Gasteiger partial charge in [0.1, 0.15) is 17.6 Å². The van der Waals surface area contributed by atoms with Crippen LogP contribution in [-0.2, 0) is 4.79 Å². The van der Waals surface area contributed by atoms with Gasteiger partial charge in [-0.2, -0.15) is 9.49 Å². The molecule has 5 rings (SSSR count). The van der Waals surface area contributed by atoms with E-state index in [4.69, 9.17) is 0 Å². The summed E-state index contributed by atoms with van der Waals surface area (Å²) in [4.78, 5) is 35.4. The number of pyridine rings is 2. The summed E-state index contributed by atoms with van der Waals surface area (Å²) in [6.07, 6.45) is 8.38. The molecule has 0 aliphatic heterocycles. The molecular weight excluding hydrogens is 483 g/mol. The lowest BCUT2D eigenvalue weighted by atomic mass is 9.88. The Hall–Kier alpha value is -3.62. The number of hydrogen-bond donors (Lipinski definition) is 2. The van der Waals surface area contributed by atoms with E-state index in [0.29, 0.717) is 34.4 Å². The van der Waals surface area contributed by atoms with Gasteiger partial charge in [0.2, 0.25) is 11.9 Å². The Bertz CT molecular complexity index is 1330. The zero-order chi connectivity index (χ0) is 27.0. The monoisotopic (exact) mass is 518 g/mol. The van der Waals surface area contributed by atoms with Gasteiger partial charge < -0.3 is 10.6 Å². The summed E-state index contributed by atoms with van der Waals surface area (Å²) in [5, 5.41) is 10.1. The van der Waals surface area contributed by atoms with Crippen LogP contribution < -0.4 is 10.6 Å². The van der Waals surface area contributed by atoms with Crippen molar-refractivity contribution in [3.8, 4) is 11.1 Å². The van der Waals surface area contributed by atoms with Gasteiger partial charge in [0.05, 0.1) is 0 Å².